The number of likely N-dealkylation sites (tertiary alicyclic amines) is 1. The zero-order valence-corrected chi connectivity index (χ0v) is 17.0. The number of aliphatic carboxylic acids is 1. The maximum absolute atomic E-state index is 13.4. The lowest BCUT2D eigenvalue weighted by Gasteiger charge is -2.42. The Bertz CT molecular complexity index is 1200. The van der Waals surface area contributed by atoms with Gasteiger partial charge in [-0.1, -0.05) is 12.1 Å². The van der Waals surface area contributed by atoms with Gasteiger partial charge in [0, 0.05) is 31.8 Å². The lowest BCUT2D eigenvalue weighted by atomic mass is 9.94. The van der Waals surface area contributed by atoms with Gasteiger partial charge in [-0.25, -0.2) is 9.37 Å². The molecule has 0 radical (unpaired) electrons. The minimum absolute atomic E-state index is 0.129. The molecule has 1 fully saturated rings. The molecular formula is C20H16F7N5O2. The van der Waals surface area contributed by atoms with Crippen LogP contribution >= 0.6 is 0 Å². The molecule has 4 rings (SSSR count). The first kappa shape index (κ1) is 23.7. The number of carbonyl (C=O) groups is 1. The van der Waals surface area contributed by atoms with Crippen molar-refractivity contribution < 1.29 is 40.6 Å². The summed E-state index contributed by atoms with van der Waals surface area (Å²) >= 11 is 0. The maximum Gasteiger partial charge on any atom is 0.435 e. The van der Waals surface area contributed by atoms with Crippen LogP contribution < -0.4 is 5.32 Å². The van der Waals surface area contributed by atoms with Crippen molar-refractivity contribution in [1.82, 2.24) is 19.5 Å². The summed E-state index contributed by atoms with van der Waals surface area (Å²) in [6.07, 6.45) is -9.83. The summed E-state index contributed by atoms with van der Waals surface area (Å²) in [4.78, 5) is 16.1. The van der Waals surface area contributed by atoms with Crippen LogP contribution in [0, 0.1) is 11.7 Å². The van der Waals surface area contributed by atoms with Gasteiger partial charge in [0.05, 0.1) is 12.0 Å². The summed E-state index contributed by atoms with van der Waals surface area (Å²) in [6.45, 7) is 0.146. The molecule has 0 saturated carbocycles. The highest BCUT2D eigenvalue weighted by molar-refractivity contribution is 5.71. The zero-order valence-electron chi connectivity index (χ0n) is 17.0. The molecule has 3 aromatic rings. The average Bonchev–Trinajstić information content (AvgIpc) is 3.14. The van der Waals surface area contributed by atoms with Gasteiger partial charge >= 0.3 is 18.3 Å². The van der Waals surface area contributed by atoms with Gasteiger partial charge in [-0.05, 0) is 17.7 Å². The first-order valence-corrected chi connectivity index (χ1v) is 9.84. The first-order chi connectivity index (χ1) is 15.8. The molecule has 3 heterocycles. The van der Waals surface area contributed by atoms with Gasteiger partial charge in [-0.15, -0.1) is 0 Å². The van der Waals surface area contributed by atoms with Gasteiger partial charge in [-0.3, -0.25) is 9.69 Å². The first-order valence-electron chi connectivity index (χ1n) is 9.84. The topological polar surface area (TPSA) is 82.8 Å². The van der Waals surface area contributed by atoms with Crippen molar-refractivity contribution in [3.63, 3.8) is 0 Å². The fourth-order valence-corrected chi connectivity index (χ4v) is 3.65. The summed E-state index contributed by atoms with van der Waals surface area (Å²) in [7, 11) is 0. The number of hydrogen-bond donors (Lipinski definition) is 2. The van der Waals surface area contributed by atoms with Crippen molar-refractivity contribution in [2.45, 2.75) is 18.4 Å². The molecule has 0 aliphatic carbocycles. The van der Waals surface area contributed by atoms with E-state index in [9.17, 15) is 35.5 Å². The largest absolute Gasteiger partial charge is 0.481 e. The van der Waals surface area contributed by atoms with Crippen molar-refractivity contribution >= 4 is 17.4 Å². The molecule has 2 aromatic heterocycles. The van der Waals surface area contributed by atoms with E-state index >= 15 is 0 Å². The number of anilines is 1. The Hall–Kier alpha value is -3.42. The number of aromatic nitrogens is 3. The predicted octanol–water partition coefficient (Wildman–Crippen LogP) is 4.08. The van der Waals surface area contributed by atoms with Crippen LogP contribution in [0.3, 0.4) is 0 Å². The van der Waals surface area contributed by atoms with Crippen LogP contribution in [-0.4, -0.2) is 50.2 Å². The van der Waals surface area contributed by atoms with E-state index in [-0.39, 0.29) is 19.6 Å². The summed E-state index contributed by atoms with van der Waals surface area (Å²) in [5.41, 5.74) is -2.94. The number of fused-ring (bicyclic) bond motifs is 1. The molecule has 0 amide bonds. The van der Waals surface area contributed by atoms with E-state index in [2.05, 4.69) is 15.4 Å². The lowest BCUT2D eigenvalue weighted by molar-refractivity contribution is -0.148. The molecule has 1 aliphatic heterocycles. The van der Waals surface area contributed by atoms with E-state index in [1.54, 1.807) is 4.90 Å². The highest BCUT2D eigenvalue weighted by Gasteiger charge is 2.39. The second-order valence-electron chi connectivity index (χ2n) is 7.76. The quantitative estimate of drug-likeness (QED) is 0.506. The minimum Gasteiger partial charge on any atom is -0.481 e. The molecule has 182 valence electrons. The molecule has 1 saturated heterocycles. The molecule has 14 heteroatoms. The third kappa shape index (κ3) is 4.76. The van der Waals surface area contributed by atoms with Crippen molar-refractivity contribution in [2.75, 3.05) is 25.0 Å². The van der Waals surface area contributed by atoms with E-state index in [1.807, 2.05) is 0 Å². The number of hydrogen-bond acceptors (Lipinski definition) is 5. The minimum atomic E-state index is -4.93. The zero-order chi connectivity index (χ0) is 24.8. The molecule has 1 aromatic carbocycles. The Morgan fingerprint density at radius 1 is 1.06 bits per heavy atom. The number of nitrogens with zero attached hydrogens (tertiary/aromatic N) is 4. The Kier molecular flexibility index (Phi) is 5.87. The Labute approximate surface area is 186 Å². The molecule has 0 spiro atoms. The number of benzene rings is 1. The summed E-state index contributed by atoms with van der Waals surface area (Å²) in [6, 6.07) is 5.57. The second kappa shape index (κ2) is 8.42. The van der Waals surface area contributed by atoms with Crippen molar-refractivity contribution in [3.05, 3.63) is 59.2 Å². The van der Waals surface area contributed by atoms with E-state index in [4.69, 9.17) is 5.11 Å². The standard InChI is InChI=1S/C20H16F7N5O2/c21-12-3-1-10(2-4-12)13(31-8-11(9-31)18(33)34)7-28-16-5-14(19(22,23)24)29-17-6-15(20(25,26)27)30-32(16)17/h1-6,11,13,28H,7-9H2,(H,33,34). The van der Waals surface area contributed by atoms with Gasteiger partial charge in [-0.2, -0.15) is 36.0 Å². The van der Waals surface area contributed by atoms with Gasteiger partial charge in [0.1, 0.15) is 11.6 Å². The monoisotopic (exact) mass is 491 g/mol. The number of alkyl halides is 6. The van der Waals surface area contributed by atoms with Gasteiger partial charge < -0.3 is 10.4 Å². The van der Waals surface area contributed by atoms with Crippen LogP contribution in [0.2, 0.25) is 0 Å². The molecule has 1 unspecified atom stereocenters. The lowest BCUT2D eigenvalue weighted by Crippen LogP contribution is -2.53. The fourth-order valence-electron chi connectivity index (χ4n) is 3.65. The molecule has 1 atom stereocenters. The van der Waals surface area contributed by atoms with Crippen LogP contribution in [0.5, 0.6) is 0 Å². The maximum atomic E-state index is 13.4. The van der Waals surface area contributed by atoms with E-state index < -0.39 is 59.0 Å². The molecule has 2 N–H and O–H groups in total. The van der Waals surface area contributed by atoms with E-state index in [0.29, 0.717) is 22.2 Å². The van der Waals surface area contributed by atoms with Crippen LogP contribution in [0.4, 0.5) is 36.6 Å². The van der Waals surface area contributed by atoms with Crippen molar-refractivity contribution in [2.24, 2.45) is 5.92 Å². The predicted molar refractivity (Wildman–Crippen MR) is 103 cm³/mol. The van der Waals surface area contributed by atoms with E-state index in [1.165, 1.54) is 24.3 Å². The van der Waals surface area contributed by atoms with Gasteiger partial charge in [0.25, 0.3) is 0 Å². The summed E-state index contributed by atoms with van der Waals surface area (Å²) < 4.78 is 93.2. The number of halogens is 7. The fraction of sp³-hybridized carbons (Fsp3) is 0.350. The van der Waals surface area contributed by atoms with Crippen LogP contribution in [0.1, 0.15) is 23.0 Å². The Morgan fingerprint density at radius 3 is 2.24 bits per heavy atom. The number of carboxylic acid groups (broad SMARTS) is 1. The average molecular weight is 491 g/mol. The smallest absolute Gasteiger partial charge is 0.435 e. The molecule has 34 heavy (non-hydrogen) atoms. The third-order valence-corrected chi connectivity index (χ3v) is 5.44. The number of nitrogens with one attached hydrogen (secondary N) is 1. The Balaban J connectivity index is 1.68. The van der Waals surface area contributed by atoms with E-state index in [0.717, 1.165) is 0 Å². The van der Waals surface area contributed by atoms with Crippen LogP contribution in [-0.2, 0) is 17.1 Å². The highest BCUT2D eigenvalue weighted by atomic mass is 19.4. The molecule has 1 aliphatic rings. The van der Waals surface area contributed by atoms with Gasteiger partial charge in [0.2, 0.25) is 0 Å². The second-order valence-corrected chi connectivity index (χ2v) is 7.76. The SMILES string of the molecule is O=C(O)C1CN(C(CNc2cc(C(F)(F)F)nc3cc(C(F)(F)F)nn23)c2ccc(F)cc2)C1. The summed E-state index contributed by atoms with van der Waals surface area (Å²) in [5.74, 6) is -2.57. The van der Waals surface area contributed by atoms with Crippen LogP contribution in [0.25, 0.3) is 5.65 Å². The number of rotatable bonds is 6. The normalized spacial score (nSPS) is 16.4. The molecule has 7 nitrogen and oxygen atoms in total. The highest BCUT2D eigenvalue weighted by Crippen LogP contribution is 2.34. The van der Waals surface area contributed by atoms with Crippen LogP contribution in [0.15, 0.2) is 36.4 Å². The number of carboxylic acids is 1. The third-order valence-electron chi connectivity index (χ3n) is 5.44. The molecular weight excluding hydrogens is 475 g/mol. The van der Waals surface area contributed by atoms with Crippen molar-refractivity contribution in [1.29, 1.82) is 0 Å². The van der Waals surface area contributed by atoms with Gasteiger partial charge in [0.15, 0.2) is 17.0 Å². The Morgan fingerprint density at radius 2 is 1.68 bits per heavy atom. The molecule has 0 bridgehead atoms. The van der Waals surface area contributed by atoms with Crippen molar-refractivity contribution in [3.8, 4) is 0 Å². The summed E-state index contributed by atoms with van der Waals surface area (Å²) in [5, 5.41) is 15.2.